The van der Waals surface area contributed by atoms with Gasteiger partial charge in [-0.3, -0.25) is 14.4 Å². The molecule has 1 amide bonds. The first kappa shape index (κ1) is 13.4. The van der Waals surface area contributed by atoms with Crippen molar-refractivity contribution >= 4 is 22.6 Å². The van der Waals surface area contributed by atoms with Gasteiger partial charge in [0.1, 0.15) is 0 Å². The Hall–Kier alpha value is -2.80. The highest BCUT2D eigenvalue weighted by Gasteiger charge is 2.24. The van der Waals surface area contributed by atoms with Crippen LogP contribution in [-0.2, 0) is 11.8 Å². The lowest BCUT2D eigenvalue weighted by Gasteiger charge is -2.22. The van der Waals surface area contributed by atoms with Crippen LogP contribution >= 0.6 is 0 Å². The van der Waals surface area contributed by atoms with Gasteiger partial charge in [-0.25, -0.2) is 0 Å². The Labute approximate surface area is 156 Å². The SMILES string of the molecule is [2H]C([2H])([2H])n1cc(-c2ccc3nnc(NC(=O)C(C)N4CCCC4)cc3c2)cn1. The highest BCUT2D eigenvalue weighted by Crippen LogP contribution is 2.24. The summed E-state index contributed by atoms with van der Waals surface area (Å²) >= 11 is 0. The van der Waals surface area contributed by atoms with Crippen LogP contribution in [0, 0.1) is 0 Å². The van der Waals surface area contributed by atoms with Gasteiger partial charge in [0.25, 0.3) is 0 Å². The van der Waals surface area contributed by atoms with Crippen molar-refractivity contribution in [3.8, 4) is 11.1 Å². The molecule has 1 saturated heterocycles. The summed E-state index contributed by atoms with van der Waals surface area (Å²) in [6.07, 6.45) is 5.24. The van der Waals surface area contributed by atoms with Gasteiger partial charge in [-0.2, -0.15) is 5.10 Å². The maximum Gasteiger partial charge on any atom is 0.242 e. The molecule has 1 N–H and O–H groups in total. The minimum absolute atomic E-state index is 0.101. The van der Waals surface area contributed by atoms with E-state index in [0.29, 0.717) is 16.9 Å². The fourth-order valence-electron chi connectivity index (χ4n) is 3.28. The minimum atomic E-state index is -2.32. The van der Waals surface area contributed by atoms with Crippen LogP contribution in [0.4, 0.5) is 5.82 Å². The van der Waals surface area contributed by atoms with E-state index in [1.54, 1.807) is 6.07 Å². The van der Waals surface area contributed by atoms with Crippen LogP contribution in [0.5, 0.6) is 0 Å². The fourth-order valence-corrected chi connectivity index (χ4v) is 3.28. The van der Waals surface area contributed by atoms with Crippen LogP contribution in [0.1, 0.15) is 23.9 Å². The van der Waals surface area contributed by atoms with Crippen LogP contribution in [0.2, 0.25) is 0 Å². The van der Waals surface area contributed by atoms with Crippen molar-refractivity contribution < 1.29 is 8.91 Å². The number of carbonyl (C=O) groups is 1. The van der Waals surface area contributed by atoms with Gasteiger partial charge in [-0.05, 0) is 56.6 Å². The lowest BCUT2D eigenvalue weighted by atomic mass is 10.1. The summed E-state index contributed by atoms with van der Waals surface area (Å²) in [6.45, 7) is 1.45. The van der Waals surface area contributed by atoms with Gasteiger partial charge >= 0.3 is 0 Å². The molecule has 0 saturated carbocycles. The maximum absolute atomic E-state index is 12.5. The highest BCUT2D eigenvalue weighted by atomic mass is 16.2. The normalized spacial score (nSPS) is 18.3. The van der Waals surface area contributed by atoms with E-state index in [0.717, 1.165) is 41.6 Å². The fraction of sp³-hybridized carbons (Fsp3) is 0.368. The van der Waals surface area contributed by atoms with Crippen LogP contribution in [0.15, 0.2) is 36.7 Å². The second kappa shape index (κ2) is 6.84. The summed E-state index contributed by atoms with van der Waals surface area (Å²) in [7, 11) is 0. The summed E-state index contributed by atoms with van der Waals surface area (Å²) in [4.78, 5) is 14.7. The molecule has 7 nitrogen and oxygen atoms in total. The Morgan fingerprint density at radius 2 is 2.08 bits per heavy atom. The maximum atomic E-state index is 12.5. The summed E-state index contributed by atoms with van der Waals surface area (Å²) < 4.78 is 23.3. The van der Waals surface area contributed by atoms with Crippen LogP contribution in [-0.4, -0.2) is 49.9 Å². The lowest BCUT2D eigenvalue weighted by molar-refractivity contribution is -0.120. The Morgan fingerprint density at radius 1 is 1.23 bits per heavy atom. The highest BCUT2D eigenvalue weighted by molar-refractivity contribution is 5.95. The number of carbonyl (C=O) groups excluding carboxylic acids is 1. The topological polar surface area (TPSA) is 75.9 Å². The number of likely N-dealkylation sites (tertiary alicyclic amines) is 1. The molecule has 1 aliphatic rings. The molecule has 2 aromatic heterocycles. The second-order valence-electron chi connectivity index (χ2n) is 6.59. The Kier molecular flexibility index (Phi) is 3.53. The summed E-state index contributed by atoms with van der Waals surface area (Å²) in [5, 5.41) is 15.9. The minimum Gasteiger partial charge on any atom is -0.308 e. The number of aromatic nitrogens is 4. The van der Waals surface area contributed by atoms with Gasteiger partial charge in [0, 0.05) is 28.2 Å². The number of hydrogen-bond acceptors (Lipinski definition) is 5. The monoisotopic (exact) mass is 353 g/mol. The molecular weight excluding hydrogens is 328 g/mol. The number of hydrogen-bond donors (Lipinski definition) is 1. The zero-order chi connectivity index (χ0) is 20.6. The van der Waals surface area contributed by atoms with Gasteiger partial charge in [-0.1, -0.05) is 6.07 Å². The quantitative estimate of drug-likeness (QED) is 0.780. The third kappa shape index (κ3) is 3.30. The molecule has 3 aromatic rings. The predicted octanol–water partition coefficient (Wildman–Crippen LogP) is 2.45. The van der Waals surface area contributed by atoms with Crippen LogP contribution in [0.3, 0.4) is 0 Å². The van der Waals surface area contributed by atoms with E-state index in [9.17, 15) is 4.79 Å². The molecule has 134 valence electrons. The molecule has 7 heteroatoms. The van der Waals surface area contributed by atoms with Gasteiger partial charge in [0.2, 0.25) is 5.91 Å². The first-order chi connectivity index (χ1) is 13.8. The number of benzene rings is 1. The first-order valence-corrected chi connectivity index (χ1v) is 8.69. The Balaban J connectivity index is 1.56. The molecule has 1 atom stereocenters. The zero-order valence-corrected chi connectivity index (χ0v) is 14.5. The lowest BCUT2D eigenvalue weighted by Crippen LogP contribution is -2.40. The van der Waals surface area contributed by atoms with Crippen LogP contribution in [0.25, 0.3) is 22.0 Å². The van der Waals surface area contributed by atoms with E-state index < -0.39 is 6.98 Å². The average molecular weight is 353 g/mol. The van der Waals surface area contributed by atoms with Crippen LogP contribution < -0.4 is 5.32 Å². The molecule has 1 fully saturated rings. The summed E-state index contributed by atoms with van der Waals surface area (Å²) in [6, 6.07) is 7.08. The number of nitrogens with one attached hydrogen (secondary N) is 1. The molecule has 4 rings (SSSR count). The van der Waals surface area contributed by atoms with Crippen molar-refractivity contribution in [2.75, 3.05) is 18.4 Å². The third-order valence-electron chi connectivity index (χ3n) is 4.82. The van der Waals surface area contributed by atoms with Gasteiger partial charge in [-0.15, -0.1) is 10.2 Å². The number of aryl methyl sites for hydroxylation is 1. The third-order valence-corrected chi connectivity index (χ3v) is 4.82. The van der Waals surface area contributed by atoms with E-state index in [-0.39, 0.29) is 11.9 Å². The van der Waals surface area contributed by atoms with Crippen molar-refractivity contribution in [1.29, 1.82) is 0 Å². The van der Waals surface area contributed by atoms with Crippen molar-refractivity contribution in [3.05, 3.63) is 36.7 Å². The number of anilines is 1. The van der Waals surface area contributed by atoms with Crippen molar-refractivity contribution in [3.63, 3.8) is 0 Å². The molecule has 0 bridgehead atoms. The van der Waals surface area contributed by atoms with Crippen molar-refractivity contribution in [2.45, 2.75) is 25.8 Å². The summed E-state index contributed by atoms with van der Waals surface area (Å²) in [5.41, 5.74) is 2.18. The average Bonchev–Trinajstić information content (AvgIpc) is 3.38. The van der Waals surface area contributed by atoms with E-state index in [1.807, 2.05) is 25.1 Å². The largest absolute Gasteiger partial charge is 0.308 e. The van der Waals surface area contributed by atoms with E-state index >= 15 is 0 Å². The van der Waals surface area contributed by atoms with E-state index in [1.165, 1.54) is 12.4 Å². The molecule has 1 unspecified atom stereocenters. The predicted molar refractivity (Wildman–Crippen MR) is 101 cm³/mol. The molecule has 0 radical (unpaired) electrons. The molecule has 26 heavy (non-hydrogen) atoms. The molecule has 3 heterocycles. The Morgan fingerprint density at radius 3 is 2.85 bits per heavy atom. The molecule has 0 spiro atoms. The van der Waals surface area contributed by atoms with E-state index in [2.05, 4.69) is 25.5 Å². The molecular formula is C19H22N6O. The molecule has 1 aromatic carbocycles. The number of amides is 1. The van der Waals surface area contributed by atoms with Gasteiger partial charge in [0.15, 0.2) is 5.82 Å². The number of rotatable bonds is 4. The first-order valence-electron chi connectivity index (χ1n) is 10.2. The summed E-state index contributed by atoms with van der Waals surface area (Å²) in [5.74, 6) is 0.291. The standard InChI is InChI=1S/C19H22N6O/c1-13(25-7-3-4-8-25)19(26)21-18-10-15-9-14(5-6-17(15)22-23-18)16-11-20-24(2)12-16/h5-6,9-13H,3-4,7-8H2,1-2H3,(H,21,23,26)/i2D3. The molecule has 0 aliphatic carbocycles. The van der Waals surface area contributed by atoms with Gasteiger partial charge in [0.05, 0.1) is 17.8 Å². The molecule has 1 aliphatic heterocycles. The Bertz CT molecular complexity index is 1040. The number of fused-ring (bicyclic) bond motifs is 1. The van der Waals surface area contributed by atoms with Gasteiger partial charge < -0.3 is 5.32 Å². The zero-order valence-electron chi connectivity index (χ0n) is 17.5. The second-order valence-corrected chi connectivity index (χ2v) is 6.59. The smallest absolute Gasteiger partial charge is 0.242 e. The van der Waals surface area contributed by atoms with Crippen molar-refractivity contribution in [2.24, 2.45) is 6.98 Å². The van der Waals surface area contributed by atoms with Crippen molar-refractivity contribution in [1.82, 2.24) is 24.9 Å². The number of nitrogens with zero attached hydrogens (tertiary/aromatic N) is 5. The van der Waals surface area contributed by atoms with E-state index in [4.69, 9.17) is 4.11 Å².